The lowest BCUT2D eigenvalue weighted by Crippen LogP contribution is -1.98. The van der Waals surface area contributed by atoms with Crippen molar-refractivity contribution in [2.24, 2.45) is 0 Å². The van der Waals surface area contributed by atoms with Crippen LogP contribution in [0.1, 0.15) is 61.6 Å². The first-order valence-electron chi connectivity index (χ1n) is 9.71. The van der Waals surface area contributed by atoms with Crippen molar-refractivity contribution in [3.05, 3.63) is 64.7 Å². The van der Waals surface area contributed by atoms with Gasteiger partial charge in [0.25, 0.3) is 0 Å². The molecule has 1 aliphatic rings. The van der Waals surface area contributed by atoms with E-state index in [2.05, 4.69) is 0 Å². The number of aliphatic hydroxyl groups is 1. The molecule has 2 N–H and O–H groups in total. The molecule has 27 heavy (non-hydrogen) atoms. The highest BCUT2D eigenvalue weighted by Gasteiger charge is 2.22. The van der Waals surface area contributed by atoms with Crippen molar-refractivity contribution in [1.82, 2.24) is 0 Å². The second-order valence-electron chi connectivity index (χ2n) is 7.13. The molecule has 0 saturated heterocycles. The number of halogens is 2. The molecular weight excluding hydrogens is 346 g/mol. The molecule has 144 valence electrons. The lowest BCUT2D eigenvalue weighted by Gasteiger charge is -2.17. The monoisotopic (exact) mass is 372 g/mol. The van der Waals surface area contributed by atoms with Gasteiger partial charge in [0, 0.05) is 6.61 Å². The van der Waals surface area contributed by atoms with Gasteiger partial charge in [-0.15, -0.1) is 0 Å². The van der Waals surface area contributed by atoms with Crippen molar-refractivity contribution in [2.45, 2.75) is 51.4 Å². The van der Waals surface area contributed by atoms with Crippen molar-refractivity contribution in [3.8, 4) is 5.75 Å². The fourth-order valence-electron chi connectivity index (χ4n) is 3.91. The number of benzene rings is 2. The average Bonchev–Trinajstić information content (AvgIpc) is 2.85. The first-order valence-corrected chi connectivity index (χ1v) is 9.71. The van der Waals surface area contributed by atoms with Crippen LogP contribution >= 0.6 is 0 Å². The lowest BCUT2D eigenvalue weighted by atomic mass is 9.89. The average molecular weight is 372 g/mol. The van der Waals surface area contributed by atoms with Crippen LogP contribution in [0.3, 0.4) is 0 Å². The molecule has 3 rings (SSSR count). The van der Waals surface area contributed by atoms with Gasteiger partial charge in [0.05, 0.1) is 0 Å². The van der Waals surface area contributed by atoms with E-state index in [0.29, 0.717) is 12.0 Å². The van der Waals surface area contributed by atoms with Gasteiger partial charge >= 0.3 is 0 Å². The molecule has 0 amide bonds. The number of fused-ring (bicyclic) bond motifs is 1. The summed E-state index contributed by atoms with van der Waals surface area (Å²) in [6, 6.07) is 9.74. The molecule has 0 bridgehead atoms. The molecule has 0 fully saturated rings. The molecular formula is C23H26F2O2. The van der Waals surface area contributed by atoms with Crippen LogP contribution in [0.25, 0.3) is 11.1 Å². The van der Waals surface area contributed by atoms with Gasteiger partial charge in [0.15, 0.2) is 11.6 Å². The Labute approximate surface area is 159 Å². The highest BCUT2D eigenvalue weighted by atomic mass is 19.1. The first kappa shape index (κ1) is 19.6. The molecule has 0 atom stereocenters. The molecule has 4 heteroatoms. The Morgan fingerprint density at radius 1 is 0.852 bits per heavy atom. The van der Waals surface area contributed by atoms with Crippen molar-refractivity contribution in [3.63, 3.8) is 0 Å². The normalized spacial score (nSPS) is 14.2. The van der Waals surface area contributed by atoms with E-state index < -0.39 is 5.82 Å². The molecule has 0 spiro atoms. The topological polar surface area (TPSA) is 40.5 Å². The van der Waals surface area contributed by atoms with Crippen LogP contribution in [0.5, 0.6) is 5.75 Å². The Hall–Kier alpha value is -2.20. The summed E-state index contributed by atoms with van der Waals surface area (Å²) >= 11 is 0. The zero-order valence-electron chi connectivity index (χ0n) is 15.5. The number of rotatable bonds is 7. The maximum Gasteiger partial charge on any atom is 0.168 e. The molecule has 0 aromatic heterocycles. The third kappa shape index (κ3) is 4.56. The van der Waals surface area contributed by atoms with E-state index in [9.17, 15) is 13.9 Å². The molecule has 0 aliphatic heterocycles. The minimum absolute atomic E-state index is 0.205. The Morgan fingerprint density at radius 3 is 2.33 bits per heavy atom. The number of aromatic hydroxyl groups is 1. The van der Waals surface area contributed by atoms with E-state index in [0.717, 1.165) is 67.2 Å². The van der Waals surface area contributed by atoms with Crippen LogP contribution in [0.15, 0.2) is 36.4 Å². The number of hydrogen-bond acceptors (Lipinski definition) is 2. The number of unbranched alkanes of at least 4 members (excludes halogenated alkanes) is 3. The fourth-order valence-corrected chi connectivity index (χ4v) is 3.91. The van der Waals surface area contributed by atoms with E-state index in [-0.39, 0.29) is 18.2 Å². The molecule has 0 unspecified atom stereocenters. The molecule has 0 saturated carbocycles. The molecule has 2 nitrogen and oxygen atoms in total. The largest absolute Gasteiger partial charge is 0.505 e. The summed E-state index contributed by atoms with van der Waals surface area (Å²) in [5, 5.41) is 18.7. The van der Waals surface area contributed by atoms with Gasteiger partial charge in [-0.25, -0.2) is 8.78 Å². The fraction of sp³-hybridized carbons (Fsp3) is 0.391. The van der Waals surface area contributed by atoms with Crippen molar-refractivity contribution in [2.75, 3.05) is 6.61 Å². The third-order valence-corrected chi connectivity index (χ3v) is 5.29. The zero-order chi connectivity index (χ0) is 19.2. The standard InChI is InChI=1S/C23H26F2O2/c24-17-11-9-16(10-12-17)18-7-5-8-21-20(13-14-22(27)23(21)25)19(18)6-3-1-2-4-15-26/h9-14,26-27H,1-8,15H2. The number of phenolic OH excluding ortho intramolecular Hbond substituents is 1. The second-order valence-corrected chi connectivity index (χ2v) is 7.13. The Bertz CT molecular complexity index is 810. The quantitative estimate of drug-likeness (QED) is 0.598. The Balaban J connectivity index is 2.01. The van der Waals surface area contributed by atoms with Crippen molar-refractivity contribution in [1.29, 1.82) is 0 Å². The Morgan fingerprint density at radius 2 is 1.59 bits per heavy atom. The zero-order valence-corrected chi connectivity index (χ0v) is 15.5. The van der Waals surface area contributed by atoms with Crippen LogP contribution in [0.4, 0.5) is 8.78 Å². The van der Waals surface area contributed by atoms with E-state index >= 15 is 0 Å². The first-order chi connectivity index (χ1) is 13.1. The number of aliphatic hydroxyl groups excluding tert-OH is 1. The van der Waals surface area contributed by atoms with Gasteiger partial charge in [0.1, 0.15) is 5.82 Å². The number of allylic oxidation sites excluding steroid dienone is 2. The number of phenols is 1. The van der Waals surface area contributed by atoms with Gasteiger partial charge < -0.3 is 10.2 Å². The van der Waals surface area contributed by atoms with Crippen LogP contribution in [-0.2, 0) is 6.42 Å². The summed E-state index contributed by atoms with van der Waals surface area (Å²) in [7, 11) is 0. The van der Waals surface area contributed by atoms with Crippen LogP contribution in [0.2, 0.25) is 0 Å². The highest BCUT2D eigenvalue weighted by molar-refractivity contribution is 5.92. The minimum atomic E-state index is -0.523. The van der Waals surface area contributed by atoms with Crippen LogP contribution < -0.4 is 0 Å². The summed E-state index contributed by atoms with van der Waals surface area (Å²) in [5.41, 5.74) is 4.66. The maximum absolute atomic E-state index is 14.6. The molecule has 0 heterocycles. The highest BCUT2D eigenvalue weighted by Crippen LogP contribution is 2.40. The summed E-state index contributed by atoms with van der Waals surface area (Å²) in [6.07, 6.45) is 6.66. The number of hydrogen-bond donors (Lipinski definition) is 2. The second kappa shape index (κ2) is 9.14. The SMILES string of the molecule is OCCCCCCC1=C(c2ccc(F)cc2)CCCc2c1ccc(O)c2F. The van der Waals surface area contributed by atoms with Gasteiger partial charge in [-0.2, -0.15) is 0 Å². The molecule has 2 aromatic carbocycles. The van der Waals surface area contributed by atoms with E-state index in [1.807, 2.05) is 6.07 Å². The molecule has 2 aromatic rings. The van der Waals surface area contributed by atoms with Crippen molar-refractivity contribution < 1.29 is 19.0 Å². The van der Waals surface area contributed by atoms with Gasteiger partial charge in [-0.3, -0.25) is 0 Å². The maximum atomic E-state index is 14.6. The van der Waals surface area contributed by atoms with E-state index in [4.69, 9.17) is 5.11 Å². The molecule has 0 radical (unpaired) electrons. The smallest absolute Gasteiger partial charge is 0.168 e. The Kier molecular flexibility index (Phi) is 6.62. The summed E-state index contributed by atoms with van der Waals surface area (Å²) in [5.74, 6) is -1.10. The summed E-state index contributed by atoms with van der Waals surface area (Å²) < 4.78 is 27.9. The van der Waals surface area contributed by atoms with Crippen LogP contribution in [-0.4, -0.2) is 16.8 Å². The van der Waals surface area contributed by atoms with Crippen LogP contribution in [0, 0.1) is 11.6 Å². The molecule has 1 aliphatic carbocycles. The predicted molar refractivity (Wildman–Crippen MR) is 104 cm³/mol. The lowest BCUT2D eigenvalue weighted by molar-refractivity contribution is 0.282. The summed E-state index contributed by atoms with van der Waals surface area (Å²) in [6.45, 7) is 0.205. The van der Waals surface area contributed by atoms with Gasteiger partial charge in [-0.1, -0.05) is 31.0 Å². The van der Waals surface area contributed by atoms with E-state index in [1.165, 1.54) is 18.2 Å². The predicted octanol–water partition coefficient (Wildman–Crippen LogP) is 5.86. The minimum Gasteiger partial charge on any atom is -0.505 e. The van der Waals surface area contributed by atoms with Crippen molar-refractivity contribution >= 4 is 11.1 Å². The summed E-state index contributed by atoms with van der Waals surface area (Å²) in [4.78, 5) is 0. The third-order valence-electron chi connectivity index (χ3n) is 5.29. The van der Waals surface area contributed by atoms with E-state index in [1.54, 1.807) is 12.1 Å². The van der Waals surface area contributed by atoms with Gasteiger partial charge in [0.2, 0.25) is 0 Å². The van der Waals surface area contributed by atoms with Gasteiger partial charge in [-0.05, 0) is 84.6 Å².